The summed E-state index contributed by atoms with van der Waals surface area (Å²) >= 11 is 0. The van der Waals surface area contributed by atoms with Gasteiger partial charge >= 0.3 is 6.09 Å². The van der Waals surface area contributed by atoms with E-state index in [4.69, 9.17) is 9.47 Å². The maximum Gasteiger partial charge on any atom is 0.409 e. The zero-order valence-corrected chi connectivity index (χ0v) is 13.7. The average Bonchev–Trinajstić information content (AvgIpc) is 2.55. The van der Waals surface area contributed by atoms with Crippen LogP contribution in [0.3, 0.4) is 0 Å². The van der Waals surface area contributed by atoms with Crippen molar-refractivity contribution >= 4 is 17.8 Å². The van der Waals surface area contributed by atoms with E-state index in [1.54, 1.807) is 12.0 Å². The molecule has 130 valence electrons. The lowest BCUT2D eigenvalue weighted by atomic mass is 9.91. The summed E-state index contributed by atoms with van der Waals surface area (Å²) in [5.74, 6) is -0.536. The lowest BCUT2D eigenvalue weighted by molar-refractivity contribution is -0.137. The van der Waals surface area contributed by atoms with Crippen LogP contribution in [0.15, 0.2) is 12.8 Å². The number of Topliss-reactive ketones (excluding diaryl/α,β-unsaturated/α-hetero) is 1. The molecule has 0 aromatic heterocycles. The Bertz CT molecular complexity index is 417. The summed E-state index contributed by atoms with van der Waals surface area (Å²) in [6, 6.07) is 0. The predicted molar refractivity (Wildman–Crippen MR) is 84.7 cm³/mol. The van der Waals surface area contributed by atoms with Crippen LogP contribution in [0.5, 0.6) is 0 Å². The van der Waals surface area contributed by atoms with Gasteiger partial charge < -0.3 is 19.7 Å². The Hall–Kier alpha value is -1.89. The van der Waals surface area contributed by atoms with Gasteiger partial charge in [0.1, 0.15) is 6.61 Å². The summed E-state index contributed by atoms with van der Waals surface area (Å²) in [5.41, 5.74) is 0. The molecular weight excluding hydrogens is 300 g/mol. The monoisotopic (exact) mass is 326 g/mol. The molecule has 0 aromatic carbocycles. The van der Waals surface area contributed by atoms with Gasteiger partial charge in [0, 0.05) is 26.6 Å². The molecule has 1 fully saturated rings. The predicted octanol–water partition coefficient (Wildman–Crippen LogP) is 1.48. The largest absolute Gasteiger partial charge is 0.447 e. The van der Waals surface area contributed by atoms with Crippen molar-refractivity contribution in [3.05, 3.63) is 12.8 Å². The Morgan fingerprint density at radius 3 is 2.57 bits per heavy atom. The molecule has 1 rings (SSSR count). The van der Waals surface area contributed by atoms with E-state index < -0.39 is 11.7 Å². The van der Waals surface area contributed by atoms with Crippen LogP contribution in [0.2, 0.25) is 0 Å². The highest BCUT2D eigenvalue weighted by Crippen LogP contribution is 2.23. The van der Waals surface area contributed by atoms with Crippen LogP contribution < -0.4 is 5.32 Å². The van der Waals surface area contributed by atoms with E-state index >= 15 is 0 Å². The molecule has 1 heterocycles. The molecule has 0 spiro atoms. The molecule has 1 N–H and O–H groups in total. The highest BCUT2D eigenvalue weighted by Gasteiger charge is 2.23. The zero-order valence-electron chi connectivity index (χ0n) is 13.7. The molecule has 7 heteroatoms. The second-order valence-corrected chi connectivity index (χ2v) is 5.53. The molecule has 23 heavy (non-hydrogen) atoms. The minimum atomic E-state index is -0.603. The summed E-state index contributed by atoms with van der Waals surface area (Å²) in [6.07, 6.45) is 4.53. The van der Waals surface area contributed by atoms with Crippen molar-refractivity contribution in [2.24, 2.45) is 5.92 Å². The Kier molecular flexibility index (Phi) is 8.97. The lowest BCUT2D eigenvalue weighted by Gasteiger charge is -2.31. The number of carbonyl (C=O) groups excluding carboxylic acids is 3. The minimum Gasteiger partial charge on any atom is -0.447 e. The van der Waals surface area contributed by atoms with Gasteiger partial charge in [-0.05, 0) is 37.8 Å². The van der Waals surface area contributed by atoms with E-state index in [1.807, 2.05) is 0 Å². The maximum absolute atomic E-state index is 11.8. The van der Waals surface area contributed by atoms with Crippen LogP contribution in [0.1, 0.15) is 32.1 Å². The molecule has 2 amide bonds. The van der Waals surface area contributed by atoms with Crippen molar-refractivity contribution in [2.45, 2.75) is 32.1 Å². The lowest BCUT2D eigenvalue weighted by Crippen LogP contribution is -2.39. The number of nitrogens with zero attached hydrogens (tertiary/aromatic N) is 1. The minimum absolute atomic E-state index is 0.249. The Morgan fingerprint density at radius 1 is 1.26 bits per heavy atom. The normalized spacial score (nSPS) is 15.1. The van der Waals surface area contributed by atoms with Crippen molar-refractivity contribution in [1.82, 2.24) is 10.2 Å². The fourth-order valence-corrected chi connectivity index (χ4v) is 2.55. The van der Waals surface area contributed by atoms with Gasteiger partial charge in [0.15, 0.2) is 0 Å². The first-order valence-electron chi connectivity index (χ1n) is 7.93. The summed E-state index contributed by atoms with van der Waals surface area (Å²) in [7, 11) is 1.56. The molecule has 7 nitrogen and oxygen atoms in total. The maximum atomic E-state index is 11.8. The smallest absolute Gasteiger partial charge is 0.409 e. The molecule has 0 unspecified atom stereocenters. The molecule has 0 saturated carbocycles. The number of hydrogen-bond acceptors (Lipinski definition) is 5. The second-order valence-electron chi connectivity index (χ2n) is 5.53. The van der Waals surface area contributed by atoms with Crippen LogP contribution >= 0.6 is 0 Å². The molecule has 0 bridgehead atoms. The first-order chi connectivity index (χ1) is 11.1. The fourth-order valence-electron chi connectivity index (χ4n) is 2.55. The van der Waals surface area contributed by atoms with Crippen molar-refractivity contribution in [3.8, 4) is 0 Å². The molecule has 0 aliphatic carbocycles. The third-order valence-corrected chi connectivity index (χ3v) is 3.89. The van der Waals surface area contributed by atoms with Gasteiger partial charge in [-0.2, -0.15) is 0 Å². The quantitative estimate of drug-likeness (QED) is 0.512. The van der Waals surface area contributed by atoms with Crippen molar-refractivity contribution in [3.63, 3.8) is 0 Å². The number of likely N-dealkylation sites (tertiary alicyclic amines) is 1. The summed E-state index contributed by atoms with van der Waals surface area (Å²) < 4.78 is 9.92. The van der Waals surface area contributed by atoms with Gasteiger partial charge in [-0.25, -0.2) is 4.79 Å². The SMILES string of the molecule is C=CNC(=O)C(=O)CCCC1CCN(C(=O)OCCOC)CC1. The number of amides is 2. The van der Waals surface area contributed by atoms with Crippen molar-refractivity contribution in [2.75, 3.05) is 33.4 Å². The van der Waals surface area contributed by atoms with Gasteiger partial charge in [0.05, 0.1) is 6.61 Å². The third-order valence-electron chi connectivity index (χ3n) is 3.89. The summed E-state index contributed by atoms with van der Waals surface area (Å²) in [4.78, 5) is 36.2. The van der Waals surface area contributed by atoms with Crippen molar-refractivity contribution < 1.29 is 23.9 Å². The molecule has 1 aliphatic rings. The number of ether oxygens (including phenoxy) is 2. The van der Waals surface area contributed by atoms with Gasteiger partial charge in [-0.3, -0.25) is 9.59 Å². The van der Waals surface area contributed by atoms with Gasteiger partial charge in [0.25, 0.3) is 5.91 Å². The van der Waals surface area contributed by atoms with E-state index in [9.17, 15) is 14.4 Å². The summed E-state index contributed by atoms with van der Waals surface area (Å²) in [6.45, 7) is 5.35. The van der Waals surface area contributed by atoms with E-state index in [2.05, 4.69) is 11.9 Å². The number of methoxy groups -OCH3 is 1. The molecule has 1 aliphatic heterocycles. The molecule has 0 atom stereocenters. The number of ketones is 1. The number of hydrogen-bond donors (Lipinski definition) is 1. The third kappa shape index (κ3) is 7.27. The molecule has 1 saturated heterocycles. The average molecular weight is 326 g/mol. The fraction of sp³-hybridized carbons (Fsp3) is 0.688. The van der Waals surface area contributed by atoms with Gasteiger partial charge in [-0.1, -0.05) is 6.58 Å². The topological polar surface area (TPSA) is 84.9 Å². The zero-order chi connectivity index (χ0) is 17.1. The second kappa shape index (κ2) is 10.8. The number of nitrogens with one attached hydrogen (secondary N) is 1. The molecule has 0 radical (unpaired) electrons. The van der Waals surface area contributed by atoms with Crippen molar-refractivity contribution in [1.29, 1.82) is 0 Å². The van der Waals surface area contributed by atoms with E-state index in [0.717, 1.165) is 19.3 Å². The van der Waals surface area contributed by atoms with Crippen LogP contribution in [-0.2, 0) is 19.1 Å². The molecule has 0 aromatic rings. The Morgan fingerprint density at radius 2 is 1.96 bits per heavy atom. The van der Waals surface area contributed by atoms with E-state index in [0.29, 0.717) is 32.0 Å². The van der Waals surface area contributed by atoms with Gasteiger partial charge in [0.2, 0.25) is 5.78 Å². The molecular formula is C16H26N2O5. The Balaban J connectivity index is 2.16. The standard InChI is InChI=1S/C16H26N2O5/c1-3-17-15(20)14(19)6-4-5-13-7-9-18(10-8-13)16(21)23-12-11-22-2/h3,13H,1,4-12H2,2H3,(H,17,20). The van der Waals surface area contributed by atoms with Gasteiger partial charge in [-0.15, -0.1) is 0 Å². The number of rotatable bonds is 9. The van der Waals surface area contributed by atoms with E-state index in [-0.39, 0.29) is 19.1 Å². The van der Waals surface area contributed by atoms with Crippen LogP contribution in [0, 0.1) is 5.92 Å². The number of carbonyl (C=O) groups is 3. The summed E-state index contributed by atoms with van der Waals surface area (Å²) in [5, 5.41) is 2.28. The number of piperidine rings is 1. The first-order valence-corrected chi connectivity index (χ1v) is 7.93. The Labute approximate surface area is 137 Å². The van der Waals surface area contributed by atoms with E-state index in [1.165, 1.54) is 6.20 Å². The van der Waals surface area contributed by atoms with Crippen LogP contribution in [0.25, 0.3) is 0 Å². The van der Waals surface area contributed by atoms with Crippen LogP contribution in [-0.4, -0.2) is 56.1 Å². The van der Waals surface area contributed by atoms with Crippen LogP contribution in [0.4, 0.5) is 4.79 Å². The highest BCUT2D eigenvalue weighted by molar-refractivity contribution is 6.36. The first kappa shape index (κ1) is 19.2. The highest BCUT2D eigenvalue weighted by atomic mass is 16.6.